The van der Waals surface area contributed by atoms with E-state index in [0.717, 1.165) is 54.8 Å². The summed E-state index contributed by atoms with van der Waals surface area (Å²) in [6, 6.07) is 19.3. The summed E-state index contributed by atoms with van der Waals surface area (Å²) in [6.07, 6.45) is 3.94. The van der Waals surface area contributed by atoms with E-state index in [-0.39, 0.29) is 0 Å². The topological polar surface area (TPSA) is 89.8 Å². The van der Waals surface area contributed by atoms with Crippen LogP contribution in [-0.4, -0.2) is 20.5 Å². The van der Waals surface area contributed by atoms with Crippen molar-refractivity contribution >= 4 is 28.6 Å². The number of thiophene rings is 1. The number of carbonyl (C=O) groups is 1. The lowest BCUT2D eigenvalue weighted by molar-refractivity contribution is 0.0696. The van der Waals surface area contributed by atoms with Gasteiger partial charge in [-0.1, -0.05) is 35.9 Å². The zero-order valence-corrected chi connectivity index (χ0v) is 21.6. The molecule has 0 aliphatic heterocycles. The Morgan fingerprint density at radius 3 is 2.61 bits per heavy atom. The number of carboxylic acids is 1. The zero-order valence-electron chi connectivity index (χ0n) is 20.8. The van der Waals surface area contributed by atoms with E-state index in [9.17, 15) is 4.79 Å². The monoisotopic (exact) mass is 499 g/mol. The molecular formula is C29H29N3O3S. The van der Waals surface area contributed by atoms with Crippen molar-refractivity contribution in [3.05, 3.63) is 106 Å². The summed E-state index contributed by atoms with van der Waals surface area (Å²) in [5.74, 6) is 0.0511. The number of aryl methyl sites for hydroxylation is 3. The fourth-order valence-corrected chi connectivity index (χ4v) is 4.89. The Balaban J connectivity index is 0.000000233. The summed E-state index contributed by atoms with van der Waals surface area (Å²) in [5, 5.41) is 8.66. The molecule has 36 heavy (non-hydrogen) atoms. The van der Waals surface area contributed by atoms with Crippen LogP contribution < -0.4 is 10.5 Å². The molecule has 184 valence electrons. The van der Waals surface area contributed by atoms with Crippen molar-refractivity contribution in [2.75, 3.05) is 5.73 Å². The van der Waals surface area contributed by atoms with Gasteiger partial charge in [0.1, 0.15) is 18.0 Å². The van der Waals surface area contributed by atoms with Crippen LogP contribution in [0.2, 0.25) is 0 Å². The van der Waals surface area contributed by atoms with Crippen LogP contribution in [0.1, 0.15) is 37.5 Å². The number of aromatic carboxylic acids is 1. The fourth-order valence-electron chi connectivity index (χ4n) is 3.92. The lowest BCUT2D eigenvalue weighted by Crippen LogP contribution is -2.00. The minimum atomic E-state index is -0.859. The average Bonchev–Trinajstić information content (AvgIpc) is 3.43. The average molecular weight is 500 g/mol. The summed E-state index contributed by atoms with van der Waals surface area (Å²) in [6.45, 7) is 8.37. The lowest BCUT2D eigenvalue weighted by Gasteiger charge is -2.09. The molecule has 3 heterocycles. The quantitative estimate of drug-likeness (QED) is 0.258. The smallest absolute Gasteiger partial charge is 0.335 e. The third-order valence-electron chi connectivity index (χ3n) is 6.03. The molecule has 0 unspecified atom stereocenters. The normalized spacial score (nSPS) is 10.7. The van der Waals surface area contributed by atoms with E-state index >= 15 is 0 Å². The van der Waals surface area contributed by atoms with Gasteiger partial charge in [0.2, 0.25) is 0 Å². The van der Waals surface area contributed by atoms with Crippen molar-refractivity contribution in [2.45, 2.75) is 34.3 Å². The molecule has 0 amide bonds. The molecule has 5 aromatic rings. The molecule has 0 atom stereocenters. The van der Waals surface area contributed by atoms with Gasteiger partial charge >= 0.3 is 5.97 Å². The molecule has 0 fully saturated rings. The molecule has 0 bridgehead atoms. The number of hydrogen-bond acceptors (Lipinski definition) is 5. The number of aromatic nitrogens is 2. The summed E-state index contributed by atoms with van der Waals surface area (Å²) < 4.78 is 8.17. The second-order valence-corrected chi connectivity index (χ2v) is 9.90. The first-order valence-electron chi connectivity index (χ1n) is 11.5. The van der Waals surface area contributed by atoms with E-state index in [4.69, 9.17) is 15.6 Å². The van der Waals surface area contributed by atoms with E-state index in [2.05, 4.69) is 28.4 Å². The number of anilines is 1. The van der Waals surface area contributed by atoms with Crippen molar-refractivity contribution in [3.63, 3.8) is 0 Å². The fraction of sp³-hybridized carbons (Fsp3) is 0.172. The number of pyridine rings is 1. The highest BCUT2D eigenvalue weighted by atomic mass is 32.1. The molecular weight excluding hydrogens is 470 g/mol. The van der Waals surface area contributed by atoms with Crippen molar-refractivity contribution in [1.29, 1.82) is 0 Å². The zero-order chi connectivity index (χ0) is 25.8. The van der Waals surface area contributed by atoms with Gasteiger partial charge in [-0.25, -0.2) is 9.78 Å². The third kappa shape index (κ3) is 5.42. The van der Waals surface area contributed by atoms with E-state index in [1.165, 1.54) is 0 Å². The molecule has 0 saturated heterocycles. The molecule has 0 spiro atoms. The molecule has 3 aromatic heterocycles. The predicted octanol–water partition coefficient (Wildman–Crippen LogP) is 6.84. The van der Waals surface area contributed by atoms with Gasteiger partial charge in [-0.2, -0.15) is 0 Å². The van der Waals surface area contributed by atoms with Crippen LogP contribution in [-0.2, 0) is 6.61 Å². The van der Waals surface area contributed by atoms with Crippen molar-refractivity contribution in [3.8, 4) is 16.3 Å². The predicted molar refractivity (Wildman–Crippen MR) is 146 cm³/mol. The summed E-state index contributed by atoms with van der Waals surface area (Å²) >= 11 is 1.72. The van der Waals surface area contributed by atoms with Gasteiger partial charge in [0.05, 0.1) is 22.3 Å². The first-order valence-corrected chi connectivity index (χ1v) is 12.4. The van der Waals surface area contributed by atoms with Gasteiger partial charge in [-0.3, -0.25) is 4.40 Å². The second-order valence-electron chi connectivity index (χ2n) is 8.65. The van der Waals surface area contributed by atoms with Gasteiger partial charge in [0.25, 0.3) is 0 Å². The Labute approximate surface area is 214 Å². The van der Waals surface area contributed by atoms with Crippen LogP contribution in [0.3, 0.4) is 0 Å². The summed E-state index contributed by atoms with van der Waals surface area (Å²) in [5.41, 5.74) is 13.3. The standard InChI is InChI=1S/C20H19N3OS.C9H10O2/c1-13-15(6-5-7-16(13)21)12-24-18-10-19(25-14(18)2)17-11-22-20-8-3-4-9-23(17)20;1-6-3-4-8(9(10)11)7(2)5-6/h3-11H,12,21H2,1-2H3;3-5H,1-2H3,(H,10,11). The summed E-state index contributed by atoms with van der Waals surface area (Å²) in [4.78, 5) is 17.3. The van der Waals surface area contributed by atoms with Crippen LogP contribution in [0, 0.1) is 27.7 Å². The Kier molecular flexibility index (Phi) is 7.41. The molecule has 0 aliphatic carbocycles. The van der Waals surface area contributed by atoms with E-state index < -0.39 is 5.97 Å². The first-order chi connectivity index (χ1) is 17.2. The number of nitrogen functional groups attached to an aromatic ring is 1. The maximum Gasteiger partial charge on any atom is 0.335 e. The Bertz CT molecular complexity index is 1530. The van der Waals surface area contributed by atoms with Crippen LogP contribution in [0.5, 0.6) is 5.75 Å². The molecule has 3 N–H and O–H groups in total. The van der Waals surface area contributed by atoms with Crippen molar-refractivity contribution in [1.82, 2.24) is 9.38 Å². The number of fused-ring (bicyclic) bond motifs is 1. The van der Waals surface area contributed by atoms with Gasteiger partial charge in [0, 0.05) is 22.8 Å². The van der Waals surface area contributed by atoms with Gasteiger partial charge < -0.3 is 15.6 Å². The SMILES string of the molecule is Cc1ccc(C(=O)O)c(C)c1.Cc1sc(-c2cnc3ccccn23)cc1OCc1cccc(N)c1C. The Hall–Kier alpha value is -4.10. The van der Waals surface area contributed by atoms with Crippen LogP contribution in [0.25, 0.3) is 16.2 Å². The largest absolute Gasteiger partial charge is 0.488 e. The number of hydrogen-bond donors (Lipinski definition) is 2. The third-order valence-corrected chi connectivity index (χ3v) is 7.08. The molecule has 0 radical (unpaired) electrons. The highest BCUT2D eigenvalue weighted by Crippen LogP contribution is 2.36. The molecule has 5 rings (SSSR count). The Morgan fingerprint density at radius 2 is 1.86 bits per heavy atom. The Morgan fingerprint density at radius 1 is 1.06 bits per heavy atom. The number of carboxylic acid groups (broad SMARTS) is 1. The number of nitrogens with two attached hydrogens (primary N) is 1. The number of benzene rings is 2. The molecule has 2 aromatic carbocycles. The van der Waals surface area contributed by atoms with E-state index in [1.54, 1.807) is 30.4 Å². The number of nitrogens with zero attached hydrogens (tertiary/aromatic N) is 2. The number of rotatable bonds is 5. The van der Waals surface area contributed by atoms with Crippen molar-refractivity contribution in [2.24, 2.45) is 0 Å². The van der Waals surface area contributed by atoms with Gasteiger partial charge in [-0.05, 0) is 68.7 Å². The minimum Gasteiger partial charge on any atom is -0.488 e. The molecule has 7 heteroatoms. The minimum absolute atomic E-state index is 0.385. The number of ether oxygens (including phenoxy) is 1. The van der Waals surface area contributed by atoms with Crippen LogP contribution in [0.15, 0.2) is 73.1 Å². The maximum atomic E-state index is 10.5. The van der Waals surface area contributed by atoms with Crippen molar-refractivity contribution < 1.29 is 14.6 Å². The van der Waals surface area contributed by atoms with E-state index in [1.807, 2.05) is 62.6 Å². The first kappa shape index (κ1) is 25.0. The molecule has 6 nitrogen and oxygen atoms in total. The van der Waals surface area contributed by atoms with Crippen LogP contribution >= 0.6 is 11.3 Å². The molecule has 0 saturated carbocycles. The van der Waals surface area contributed by atoms with E-state index in [0.29, 0.717) is 12.2 Å². The van der Waals surface area contributed by atoms with Gasteiger partial charge in [-0.15, -0.1) is 11.3 Å². The highest BCUT2D eigenvalue weighted by Gasteiger charge is 2.13. The number of imidazole rings is 1. The van der Waals surface area contributed by atoms with Gasteiger partial charge in [0.15, 0.2) is 0 Å². The lowest BCUT2D eigenvalue weighted by atomic mass is 10.1. The van der Waals surface area contributed by atoms with Crippen LogP contribution in [0.4, 0.5) is 5.69 Å². The highest BCUT2D eigenvalue weighted by molar-refractivity contribution is 7.15. The molecule has 0 aliphatic rings. The summed E-state index contributed by atoms with van der Waals surface area (Å²) in [7, 11) is 0. The second kappa shape index (κ2) is 10.7. The maximum absolute atomic E-state index is 10.5.